The molecular weight excluding hydrogens is 144 g/mol. The first-order valence-corrected chi connectivity index (χ1v) is 3.90. The highest BCUT2D eigenvalue weighted by Gasteiger charge is 2.50. The molecule has 0 aromatic rings. The van der Waals surface area contributed by atoms with Gasteiger partial charge < -0.3 is 10.8 Å². The van der Waals surface area contributed by atoms with E-state index in [0.29, 0.717) is 0 Å². The predicted octanol–water partition coefficient (Wildman–Crippen LogP) is -0.502. The van der Waals surface area contributed by atoms with Crippen LogP contribution in [-0.2, 0) is 4.79 Å². The molecule has 2 fully saturated rings. The van der Waals surface area contributed by atoms with Crippen LogP contribution in [0.25, 0.3) is 0 Å². The van der Waals surface area contributed by atoms with Gasteiger partial charge in [0.15, 0.2) is 0 Å². The zero-order valence-electron chi connectivity index (χ0n) is 6.21. The van der Waals surface area contributed by atoms with Crippen molar-refractivity contribution in [2.24, 2.45) is 11.7 Å². The van der Waals surface area contributed by atoms with Crippen molar-refractivity contribution in [1.82, 2.24) is 5.32 Å². The van der Waals surface area contributed by atoms with Crippen LogP contribution in [0.4, 0.5) is 0 Å². The average Bonchev–Trinajstić information content (AvgIpc) is 2.41. The van der Waals surface area contributed by atoms with Crippen molar-refractivity contribution in [2.75, 3.05) is 0 Å². The summed E-state index contributed by atoms with van der Waals surface area (Å²) in [6, 6.07) is -0.395. The lowest BCUT2D eigenvalue weighted by Gasteiger charge is -2.25. The number of aliphatic carboxylic acids is 1. The Hall–Kier alpha value is -0.610. The Morgan fingerprint density at radius 3 is 2.73 bits per heavy atom. The molecule has 1 heterocycles. The normalized spacial score (nSPS) is 48.1. The van der Waals surface area contributed by atoms with E-state index in [0.717, 1.165) is 19.3 Å². The largest absolute Gasteiger partial charge is 0.480 e. The van der Waals surface area contributed by atoms with E-state index in [4.69, 9.17) is 10.8 Å². The summed E-state index contributed by atoms with van der Waals surface area (Å²) >= 11 is 0. The second-order valence-corrected chi connectivity index (χ2v) is 3.62. The Kier molecular flexibility index (Phi) is 1.25. The molecule has 2 bridgehead atoms. The molecule has 11 heavy (non-hydrogen) atoms. The third-order valence-electron chi connectivity index (χ3n) is 2.77. The van der Waals surface area contributed by atoms with Gasteiger partial charge in [0.1, 0.15) is 6.04 Å². The molecule has 0 aromatic carbocycles. The minimum Gasteiger partial charge on any atom is -0.480 e. The van der Waals surface area contributed by atoms with E-state index < -0.39 is 12.0 Å². The lowest BCUT2D eigenvalue weighted by Crippen LogP contribution is -2.54. The lowest BCUT2D eigenvalue weighted by atomic mass is 10.0. The van der Waals surface area contributed by atoms with Gasteiger partial charge in [0.2, 0.25) is 0 Å². The van der Waals surface area contributed by atoms with Gasteiger partial charge in [0.25, 0.3) is 0 Å². The van der Waals surface area contributed by atoms with Crippen LogP contribution in [0, 0.1) is 5.92 Å². The first-order chi connectivity index (χ1) is 5.11. The summed E-state index contributed by atoms with van der Waals surface area (Å²) in [6.07, 6.45) is 2.70. The number of piperidine rings is 1. The Morgan fingerprint density at radius 1 is 1.73 bits per heavy atom. The third kappa shape index (κ3) is 0.937. The first kappa shape index (κ1) is 7.06. The fraction of sp³-hybridized carbons (Fsp3) is 0.857. The third-order valence-corrected chi connectivity index (χ3v) is 2.77. The molecule has 2 aliphatic rings. The molecular formula is C7H12N2O2. The first-order valence-electron chi connectivity index (χ1n) is 3.90. The standard InChI is InChI=1S/C7H12N2O2/c8-7-2-1-4(3-7)5(9-7)6(10)11/h4-5,9H,1-3,8H2,(H,10,11). The molecule has 1 saturated carbocycles. The minimum absolute atomic E-state index is 0.262. The minimum atomic E-state index is -0.762. The molecule has 1 aliphatic carbocycles. The lowest BCUT2D eigenvalue weighted by molar-refractivity contribution is -0.140. The number of carbonyl (C=O) groups is 1. The van der Waals surface area contributed by atoms with Crippen molar-refractivity contribution < 1.29 is 9.90 Å². The van der Waals surface area contributed by atoms with Gasteiger partial charge in [-0.2, -0.15) is 0 Å². The molecule has 62 valence electrons. The smallest absolute Gasteiger partial charge is 0.321 e. The van der Waals surface area contributed by atoms with Gasteiger partial charge in [-0.3, -0.25) is 10.1 Å². The topological polar surface area (TPSA) is 75.4 Å². The number of carboxylic acid groups (broad SMARTS) is 1. The molecule has 1 saturated heterocycles. The highest BCUT2D eigenvalue weighted by atomic mass is 16.4. The summed E-state index contributed by atoms with van der Waals surface area (Å²) in [6.45, 7) is 0. The summed E-state index contributed by atoms with van der Waals surface area (Å²) in [5.41, 5.74) is 5.49. The second kappa shape index (κ2) is 1.95. The number of nitrogens with one attached hydrogen (secondary N) is 1. The van der Waals surface area contributed by atoms with Crippen LogP contribution in [0.1, 0.15) is 19.3 Å². The van der Waals surface area contributed by atoms with Gasteiger partial charge in [-0.15, -0.1) is 0 Å². The van der Waals surface area contributed by atoms with Crippen LogP contribution >= 0.6 is 0 Å². The highest BCUT2D eigenvalue weighted by molar-refractivity contribution is 5.74. The fourth-order valence-corrected chi connectivity index (χ4v) is 2.22. The molecule has 0 radical (unpaired) electrons. The van der Waals surface area contributed by atoms with Gasteiger partial charge in [0, 0.05) is 0 Å². The van der Waals surface area contributed by atoms with Crippen LogP contribution in [0.15, 0.2) is 0 Å². The van der Waals surface area contributed by atoms with Crippen molar-refractivity contribution >= 4 is 5.97 Å². The van der Waals surface area contributed by atoms with E-state index in [2.05, 4.69) is 5.32 Å². The monoisotopic (exact) mass is 156 g/mol. The quantitative estimate of drug-likeness (QED) is 0.478. The summed E-state index contributed by atoms with van der Waals surface area (Å²) in [5.74, 6) is -0.500. The van der Waals surface area contributed by atoms with E-state index in [1.807, 2.05) is 0 Å². The molecule has 4 N–H and O–H groups in total. The number of carboxylic acids is 1. The highest BCUT2D eigenvalue weighted by Crippen LogP contribution is 2.39. The number of fused-ring (bicyclic) bond motifs is 2. The molecule has 0 amide bonds. The Bertz CT molecular complexity index is 207. The Balaban J connectivity index is 2.16. The number of nitrogens with two attached hydrogens (primary N) is 1. The number of hydrogen-bond acceptors (Lipinski definition) is 3. The van der Waals surface area contributed by atoms with Crippen molar-refractivity contribution in [2.45, 2.75) is 31.0 Å². The van der Waals surface area contributed by atoms with E-state index >= 15 is 0 Å². The predicted molar refractivity (Wildman–Crippen MR) is 38.8 cm³/mol. The maximum absolute atomic E-state index is 10.6. The zero-order chi connectivity index (χ0) is 8.06. The number of rotatable bonds is 1. The molecule has 3 atom stereocenters. The molecule has 3 unspecified atom stereocenters. The van der Waals surface area contributed by atoms with Crippen LogP contribution in [-0.4, -0.2) is 22.8 Å². The Morgan fingerprint density at radius 2 is 2.45 bits per heavy atom. The SMILES string of the molecule is NC12CCC(C1)C(C(=O)O)N2. The van der Waals surface area contributed by atoms with Gasteiger partial charge in [-0.25, -0.2) is 0 Å². The van der Waals surface area contributed by atoms with Gasteiger partial charge in [-0.05, 0) is 25.2 Å². The van der Waals surface area contributed by atoms with Crippen LogP contribution in [0.3, 0.4) is 0 Å². The maximum atomic E-state index is 10.6. The number of hydrogen-bond donors (Lipinski definition) is 3. The van der Waals surface area contributed by atoms with E-state index in [-0.39, 0.29) is 11.6 Å². The average molecular weight is 156 g/mol. The van der Waals surface area contributed by atoms with E-state index in [9.17, 15) is 4.79 Å². The second-order valence-electron chi connectivity index (χ2n) is 3.62. The molecule has 2 rings (SSSR count). The molecule has 0 aromatic heterocycles. The fourth-order valence-electron chi connectivity index (χ4n) is 2.22. The van der Waals surface area contributed by atoms with Gasteiger partial charge in [0.05, 0.1) is 5.66 Å². The molecule has 1 aliphatic heterocycles. The Labute approximate surface area is 64.8 Å². The molecule has 4 nitrogen and oxygen atoms in total. The van der Waals surface area contributed by atoms with Crippen LogP contribution in [0.5, 0.6) is 0 Å². The summed E-state index contributed by atoms with van der Waals surface area (Å²) in [5, 5.41) is 11.7. The zero-order valence-corrected chi connectivity index (χ0v) is 6.21. The molecule has 4 heteroatoms. The molecule has 0 spiro atoms. The summed E-state index contributed by atoms with van der Waals surface area (Å²) in [4.78, 5) is 10.6. The van der Waals surface area contributed by atoms with Crippen molar-refractivity contribution in [1.29, 1.82) is 0 Å². The van der Waals surface area contributed by atoms with Gasteiger partial charge >= 0.3 is 5.97 Å². The van der Waals surface area contributed by atoms with Crippen molar-refractivity contribution in [3.63, 3.8) is 0 Å². The van der Waals surface area contributed by atoms with Gasteiger partial charge in [-0.1, -0.05) is 0 Å². The van der Waals surface area contributed by atoms with E-state index in [1.165, 1.54) is 0 Å². The summed E-state index contributed by atoms with van der Waals surface area (Å²) < 4.78 is 0. The summed E-state index contributed by atoms with van der Waals surface area (Å²) in [7, 11) is 0. The van der Waals surface area contributed by atoms with Crippen molar-refractivity contribution in [3.05, 3.63) is 0 Å². The van der Waals surface area contributed by atoms with Crippen LogP contribution in [0.2, 0.25) is 0 Å². The van der Waals surface area contributed by atoms with Crippen LogP contribution < -0.4 is 11.1 Å². The van der Waals surface area contributed by atoms with Crippen molar-refractivity contribution in [3.8, 4) is 0 Å². The van der Waals surface area contributed by atoms with E-state index in [1.54, 1.807) is 0 Å². The maximum Gasteiger partial charge on any atom is 0.321 e.